The smallest absolute Gasteiger partial charge is 0.321 e. The molecule has 2 N–H and O–H groups in total. The van der Waals surface area contributed by atoms with Crippen LogP contribution in [0.25, 0.3) is 0 Å². The molecule has 0 spiro atoms. The molecule has 0 saturated carbocycles. The van der Waals surface area contributed by atoms with Gasteiger partial charge in [-0.3, -0.25) is 0 Å². The Morgan fingerprint density at radius 2 is 2.33 bits per heavy atom. The molecule has 0 aliphatic carbocycles. The molecule has 1 aliphatic rings. The Kier molecular flexibility index (Phi) is 5.94. The van der Waals surface area contributed by atoms with Crippen LogP contribution in [-0.2, 0) is 0 Å². The van der Waals surface area contributed by atoms with Gasteiger partial charge in [0.2, 0.25) is 0 Å². The number of hydrogen-bond donors (Lipinski definition) is 2. The molecule has 1 aliphatic heterocycles. The number of nitrogens with zero attached hydrogens (tertiary/aromatic N) is 1. The van der Waals surface area contributed by atoms with Gasteiger partial charge in [-0.15, -0.1) is 0 Å². The zero-order valence-corrected chi connectivity index (χ0v) is 13.9. The predicted molar refractivity (Wildman–Crippen MR) is 91.0 cm³/mol. The molecule has 1 fully saturated rings. The first-order valence-corrected chi connectivity index (χ1v) is 8.66. The van der Waals surface area contributed by atoms with Crippen molar-refractivity contribution in [2.75, 3.05) is 30.7 Å². The highest BCUT2D eigenvalue weighted by Crippen LogP contribution is 2.20. The van der Waals surface area contributed by atoms with Crippen LogP contribution in [0.4, 0.5) is 10.5 Å². The quantitative estimate of drug-likeness (QED) is 0.897. The van der Waals surface area contributed by atoms with Crippen LogP contribution in [0, 0.1) is 0 Å². The predicted octanol–water partition coefficient (Wildman–Crippen LogP) is 3.33. The van der Waals surface area contributed by atoms with Gasteiger partial charge in [-0.2, -0.15) is 11.8 Å². The van der Waals surface area contributed by atoms with Crippen LogP contribution in [0.15, 0.2) is 24.3 Å². The summed E-state index contributed by atoms with van der Waals surface area (Å²) in [6.07, 6.45) is 0. The molecule has 4 nitrogen and oxygen atoms in total. The van der Waals surface area contributed by atoms with Crippen molar-refractivity contribution >= 4 is 23.5 Å². The lowest BCUT2D eigenvalue weighted by molar-refractivity contribution is 0.214. The van der Waals surface area contributed by atoms with Crippen LogP contribution >= 0.6 is 11.8 Å². The number of nitrogens with one attached hydrogen (secondary N) is 2. The molecule has 1 saturated heterocycles. The lowest BCUT2D eigenvalue weighted by atomic mass is 10.1. The summed E-state index contributed by atoms with van der Waals surface area (Å²) in [4.78, 5) is 14.2. The Labute approximate surface area is 131 Å². The van der Waals surface area contributed by atoms with Crippen molar-refractivity contribution in [2.45, 2.75) is 32.1 Å². The summed E-state index contributed by atoms with van der Waals surface area (Å²) in [6.45, 7) is 8.98. The number of carbonyl (C=O) groups excluding carboxylic acids is 1. The average molecular weight is 307 g/mol. The largest absolute Gasteiger partial charge is 0.323 e. The molecular formula is C16H25N3OS. The zero-order chi connectivity index (χ0) is 15.2. The fourth-order valence-corrected chi connectivity index (χ4v) is 3.53. The van der Waals surface area contributed by atoms with Gasteiger partial charge >= 0.3 is 6.03 Å². The van der Waals surface area contributed by atoms with Crippen LogP contribution in [0.5, 0.6) is 0 Å². The maximum absolute atomic E-state index is 12.3. The van der Waals surface area contributed by atoms with E-state index in [2.05, 4.69) is 37.5 Å². The number of thioether (sulfide) groups is 1. The summed E-state index contributed by atoms with van der Waals surface area (Å²) < 4.78 is 0. The normalized spacial score (nSPS) is 20.1. The monoisotopic (exact) mass is 307 g/mol. The topological polar surface area (TPSA) is 44.4 Å². The summed E-state index contributed by atoms with van der Waals surface area (Å²) >= 11 is 1.93. The van der Waals surface area contributed by atoms with E-state index < -0.39 is 0 Å². The molecule has 21 heavy (non-hydrogen) atoms. The highest BCUT2D eigenvalue weighted by Gasteiger charge is 2.21. The number of anilines is 1. The second-order valence-electron chi connectivity index (χ2n) is 5.46. The van der Waals surface area contributed by atoms with Crippen LogP contribution in [0.2, 0.25) is 0 Å². The Hall–Kier alpha value is -1.20. The number of urea groups is 1. The van der Waals surface area contributed by atoms with Crippen molar-refractivity contribution in [2.24, 2.45) is 0 Å². The lowest BCUT2D eigenvalue weighted by Gasteiger charge is -2.30. The van der Waals surface area contributed by atoms with Crippen molar-refractivity contribution in [3.05, 3.63) is 29.8 Å². The third-order valence-electron chi connectivity index (χ3n) is 3.68. The lowest BCUT2D eigenvalue weighted by Crippen LogP contribution is -2.43. The second-order valence-corrected chi connectivity index (χ2v) is 7.01. The molecule has 2 amide bonds. The minimum atomic E-state index is 0.00963. The first kappa shape index (κ1) is 16.2. The summed E-state index contributed by atoms with van der Waals surface area (Å²) in [5.41, 5.74) is 2.06. The van der Waals surface area contributed by atoms with Crippen molar-refractivity contribution in [3.63, 3.8) is 0 Å². The molecule has 0 aromatic heterocycles. The molecule has 116 valence electrons. The highest BCUT2D eigenvalue weighted by atomic mass is 32.2. The number of hydrogen-bond acceptors (Lipinski definition) is 3. The van der Waals surface area contributed by atoms with Gasteiger partial charge in [0.1, 0.15) is 0 Å². The minimum Gasteiger partial charge on any atom is -0.323 e. The van der Waals surface area contributed by atoms with E-state index in [0.717, 1.165) is 31.1 Å². The van der Waals surface area contributed by atoms with E-state index in [4.69, 9.17) is 0 Å². The summed E-state index contributed by atoms with van der Waals surface area (Å²) in [7, 11) is 0. The number of amides is 2. The van der Waals surface area contributed by atoms with Crippen molar-refractivity contribution in [3.8, 4) is 0 Å². The van der Waals surface area contributed by atoms with Gasteiger partial charge in [0, 0.05) is 35.8 Å². The van der Waals surface area contributed by atoms with E-state index in [0.29, 0.717) is 11.3 Å². The van der Waals surface area contributed by atoms with E-state index in [-0.39, 0.29) is 6.03 Å². The molecule has 0 bridgehead atoms. The average Bonchev–Trinajstić information content (AvgIpc) is 2.48. The van der Waals surface area contributed by atoms with Gasteiger partial charge in [-0.1, -0.05) is 26.0 Å². The van der Waals surface area contributed by atoms with Crippen molar-refractivity contribution < 1.29 is 4.79 Å². The molecule has 2 rings (SSSR count). The maximum Gasteiger partial charge on any atom is 0.321 e. The van der Waals surface area contributed by atoms with Crippen LogP contribution < -0.4 is 10.6 Å². The molecule has 1 heterocycles. The molecule has 0 radical (unpaired) electrons. The Morgan fingerprint density at radius 1 is 1.52 bits per heavy atom. The van der Waals surface area contributed by atoms with Crippen LogP contribution in [0.3, 0.4) is 0 Å². The number of rotatable bonds is 4. The highest BCUT2D eigenvalue weighted by molar-refractivity contribution is 7.99. The van der Waals surface area contributed by atoms with Crippen molar-refractivity contribution in [1.82, 2.24) is 10.2 Å². The SMILES string of the molecule is CCNC(C)c1cccc(NC(=O)N2CCSC(C)C2)c1. The van der Waals surface area contributed by atoms with Gasteiger partial charge in [0.15, 0.2) is 0 Å². The van der Waals surface area contributed by atoms with E-state index >= 15 is 0 Å². The van der Waals surface area contributed by atoms with Gasteiger partial charge in [-0.25, -0.2) is 4.79 Å². The summed E-state index contributed by atoms with van der Waals surface area (Å²) in [6, 6.07) is 8.37. The number of benzene rings is 1. The molecule has 1 aromatic carbocycles. The van der Waals surface area contributed by atoms with E-state index in [1.54, 1.807) is 0 Å². The molecule has 2 unspecified atom stereocenters. The summed E-state index contributed by atoms with van der Waals surface area (Å²) in [5, 5.41) is 6.92. The first-order valence-electron chi connectivity index (χ1n) is 7.61. The number of carbonyl (C=O) groups is 1. The fourth-order valence-electron chi connectivity index (χ4n) is 2.52. The Bertz CT molecular complexity index is 480. The maximum atomic E-state index is 12.3. The third kappa shape index (κ3) is 4.64. The Morgan fingerprint density at radius 3 is 3.05 bits per heavy atom. The summed E-state index contributed by atoms with van der Waals surface area (Å²) in [5.74, 6) is 1.02. The molecule has 1 aromatic rings. The van der Waals surface area contributed by atoms with Crippen LogP contribution in [0.1, 0.15) is 32.4 Å². The van der Waals surface area contributed by atoms with E-state index in [9.17, 15) is 4.79 Å². The zero-order valence-electron chi connectivity index (χ0n) is 13.1. The van der Waals surface area contributed by atoms with Gasteiger partial charge in [0.05, 0.1) is 0 Å². The molecular weight excluding hydrogens is 282 g/mol. The fraction of sp³-hybridized carbons (Fsp3) is 0.562. The van der Waals surface area contributed by atoms with Crippen molar-refractivity contribution in [1.29, 1.82) is 0 Å². The van der Waals surface area contributed by atoms with E-state index in [1.807, 2.05) is 34.9 Å². The standard InChI is InChI=1S/C16H25N3OS/c1-4-17-13(3)14-6-5-7-15(10-14)18-16(20)19-8-9-21-12(2)11-19/h5-7,10,12-13,17H,4,8-9,11H2,1-3H3,(H,18,20). The van der Waals surface area contributed by atoms with Gasteiger partial charge < -0.3 is 15.5 Å². The van der Waals surface area contributed by atoms with Crippen LogP contribution in [-0.4, -0.2) is 41.6 Å². The van der Waals surface area contributed by atoms with Gasteiger partial charge in [-0.05, 0) is 31.2 Å². The Balaban J connectivity index is 1.98. The minimum absolute atomic E-state index is 0.00963. The van der Waals surface area contributed by atoms with E-state index in [1.165, 1.54) is 5.56 Å². The third-order valence-corrected chi connectivity index (χ3v) is 4.81. The second kappa shape index (κ2) is 7.71. The van der Waals surface area contributed by atoms with Gasteiger partial charge in [0.25, 0.3) is 0 Å². The molecule has 2 atom stereocenters. The molecule has 5 heteroatoms. The first-order chi connectivity index (χ1) is 10.1.